The van der Waals surface area contributed by atoms with Crippen molar-refractivity contribution in [1.29, 1.82) is 5.26 Å². The van der Waals surface area contributed by atoms with Gasteiger partial charge in [0.2, 0.25) is 0 Å². The maximum Gasteiger partial charge on any atom is 0.272 e. The number of nitriles is 1. The Labute approximate surface area is 150 Å². The number of H-pyrrole nitrogens is 1. The van der Waals surface area contributed by atoms with Crippen LogP contribution < -0.4 is 10.9 Å². The van der Waals surface area contributed by atoms with Gasteiger partial charge in [0.25, 0.3) is 5.56 Å². The zero-order valence-electron chi connectivity index (χ0n) is 13.8. The minimum absolute atomic E-state index is 0.216. The number of aromatic amines is 1. The monoisotopic (exact) mass is 355 g/mol. The molecule has 0 saturated heterocycles. The van der Waals surface area contributed by atoms with Crippen molar-refractivity contribution in [2.24, 2.45) is 0 Å². The number of unbranched alkanes of at least 4 members (excludes halogenated alkanes) is 1. The smallest absolute Gasteiger partial charge is 0.272 e. The van der Waals surface area contributed by atoms with E-state index >= 15 is 0 Å². The Morgan fingerprint density at radius 1 is 1.36 bits per heavy atom. The van der Waals surface area contributed by atoms with E-state index in [0.29, 0.717) is 34.3 Å². The molecule has 0 saturated carbocycles. The predicted octanol–water partition coefficient (Wildman–Crippen LogP) is 3.50. The summed E-state index contributed by atoms with van der Waals surface area (Å²) in [6.45, 7) is 2.58. The summed E-state index contributed by atoms with van der Waals surface area (Å²) < 4.78 is 1.30. The van der Waals surface area contributed by atoms with Crippen LogP contribution in [0.25, 0.3) is 5.65 Å². The van der Waals surface area contributed by atoms with Crippen LogP contribution in [-0.4, -0.2) is 14.6 Å². The second kappa shape index (κ2) is 7.41. The summed E-state index contributed by atoms with van der Waals surface area (Å²) >= 11 is 5.88. The molecule has 0 aliphatic carbocycles. The Kier molecular flexibility index (Phi) is 5.05. The lowest BCUT2D eigenvalue weighted by molar-refractivity contribution is 0.767. The summed E-state index contributed by atoms with van der Waals surface area (Å²) in [5.74, 6) is 0.481. The van der Waals surface area contributed by atoms with E-state index in [4.69, 9.17) is 11.6 Å². The Bertz CT molecular complexity index is 982. The van der Waals surface area contributed by atoms with E-state index < -0.39 is 0 Å². The van der Waals surface area contributed by atoms with Gasteiger partial charge >= 0.3 is 0 Å². The van der Waals surface area contributed by atoms with Gasteiger partial charge in [-0.1, -0.05) is 37.1 Å². The van der Waals surface area contributed by atoms with Crippen LogP contribution >= 0.6 is 11.6 Å². The molecule has 0 aliphatic heterocycles. The fourth-order valence-corrected chi connectivity index (χ4v) is 2.72. The second-order valence-electron chi connectivity index (χ2n) is 5.80. The highest BCUT2D eigenvalue weighted by Gasteiger charge is 2.15. The minimum Gasteiger partial charge on any atom is -0.365 e. The van der Waals surface area contributed by atoms with E-state index in [1.807, 2.05) is 12.1 Å². The Balaban J connectivity index is 1.92. The number of nitrogens with zero attached hydrogens (tertiary/aromatic N) is 3. The first kappa shape index (κ1) is 17.1. The van der Waals surface area contributed by atoms with Crippen molar-refractivity contribution in [2.75, 3.05) is 5.32 Å². The van der Waals surface area contributed by atoms with E-state index in [-0.39, 0.29) is 5.56 Å². The lowest BCUT2D eigenvalue weighted by Gasteiger charge is -2.04. The average Bonchev–Trinajstić information content (AvgIpc) is 2.97. The van der Waals surface area contributed by atoms with Gasteiger partial charge in [0.05, 0.1) is 0 Å². The third kappa shape index (κ3) is 3.67. The van der Waals surface area contributed by atoms with Crippen LogP contribution in [0, 0.1) is 11.3 Å². The lowest BCUT2D eigenvalue weighted by Crippen LogP contribution is -2.15. The molecule has 0 amide bonds. The number of fused-ring (bicyclic) bond motifs is 1. The van der Waals surface area contributed by atoms with Gasteiger partial charge < -0.3 is 5.32 Å². The number of aryl methyl sites for hydroxylation is 1. The molecule has 3 rings (SSSR count). The predicted molar refractivity (Wildman–Crippen MR) is 97.9 cm³/mol. The van der Waals surface area contributed by atoms with Crippen LogP contribution in [0.15, 0.2) is 35.1 Å². The molecule has 1 aromatic carbocycles. The van der Waals surface area contributed by atoms with Gasteiger partial charge in [-0.25, -0.2) is 4.98 Å². The molecule has 0 unspecified atom stereocenters. The Morgan fingerprint density at radius 3 is 2.80 bits per heavy atom. The number of hydrogen-bond acceptors (Lipinski definition) is 4. The molecule has 0 fully saturated rings. The quantitative estimate of drug-likeness (QED) is 0.708. The molecular weight excluding hydrogens is 338 g/mol. The molecule has 2 aromatic heterocycles. The number of rotatable bonds is 6. The van der Waals surface area contributed by atoms with Gasteiger partial charge in [0.15, 0.2) is 5.65 Å². The summed E-state index contributed by atoms with van der Waals surface area (Å²) in [5.41, 5.74) is 2.21. The third-order valence-electron chi connectivity index (χ3n) is 3.95. The van der Waals surface area contributed by atoms with Crippen molar-refractivity contribution < 1.29 is 0 Å². The minimum atomic E-state index is -0.216. The fourth-order valence-electron chi connectivity index (χ4n) is 2.60. The number of hydrogen-bond donors (Lipinski definition) is 2. The van der Waals surface area contributed by atoms with Gasteiger partial charge in [0, 0.05) is 23.3 Å². The summed E-state index contributed by atoms with van der Waals surface area (Å²) in [6, 6.07) is 11.1. The third-order valence-corrected chi connectivity index (χ3v) is 4.20. The van der Waals surface area contributed by atoms with Gasteiger partial charge in [-0.2, -0.15) is 9.78 Å². The molecule has 25 heavy (non-hydrogen) atoms. The van der Waals surface area contributed by atoms with Gasteiger partial charge in [-0.3, -0.25) is 9.89 Å². The van der Waals surface area contributed by atoms with Crippen LogP contribution in [0.4, 0.5) is 5.82 Å². The zero-order valence-corrected chi connectivity index (χ0v) is 14.6. The highest BCUT2D eigenvalue weighted by Crippen LogP contribution is 2.18. The Hall–Kier alpha value is -2.78. The molecule has 0 bridgehead atoms. The van der Waals surface area contributed by atoms with E-state index in [2.05, 4.69) is 28.4 Å². The van der Waals surface area contributed by atoms with Crippen molar-refractivity contribution in [3.05, 3.63) is 62.5 Å². The van der Waals surface area contributed by atoms with Gasteiger partial charge in [0.1, 0.15) is 17.5 Å². The summed E-state index contributed by atoms with van der Waals surface area (Å²) in [6.07, 6.45) is 2.70. The number of halogens is 1. The second-order valence-corrected chi connectivity index (χ2v) is 6.24. The van der Waals surface area contributed by atoms with E-state index in [1.165, 1.54) is 10.6 Å². The van der Waals surface area contributed by atoms with Crippen molar-refractivity contribution in [2.45, 2.75) is 32.7 Å². The fraction of sp³-hybridized carbons (Fsp3) is 0.278. The van der Waals surface area contributed by atoms with Crippen LogP contribution in [0.1, 0.15) is 36.6 Å². The van der Waals surface area contributed by atoms with E-state index in [1.54, 1.807) is 12.1 Å². The molecule has 128 valence electrons. The molecular formula is C18H18ClN5O. The number of nitrogens with one attached hydrogen (secondary N) is 2. The summed E-state index contributed by atoms with van der Waals surface area (Å²) in [4.78, 5) is 16.8. The van der Waals surface area contributed by atoms with Crippen molar-refractivity contribution in [1.82, 2.24) is 14.6 Å². The molecule has 7 heteroatoms. The largest absolute Gasteiger partial charge is 0.365 e. The molecule has 0 aliphatic rings. The van der Waals surface area contributed by atoms with E-state index in [0.717, 1.165) is 24.8 Å². The highest BCUT2D eigenvalue weighted by atomic mass is 35.5. The topological polar surface area (TPSA) is 86.0 Å². The molecule has 3 aromatic rings. The van der Waals surface area contributed by atoms with Crippen molar-refractivity contribution in [3.63, 3.8) is 0 Å². The van der Waals surface area contributed by atoms with Crippen molar-refractivity contribution in [3.8, 4) is 6.07 Å². The van der Waals surface area contributed by atoms with Crippen LogP contribution in [-0.2, 0) is 13.0 Å². The summed E-state index contributed by atoms with van der Waals surface area (Å²) in [5, 5.41) is 16.3. The number of aromatic nitrogens is 3. The molecule has 0 radical (unpaired) electrons. The Morgan fingerprint density at radius 2 is 2.12 bits per heavy atom. The first-order valence-corrected chi connectivity index (χ1v) is 8.53. The number of benzene rings is 1. The SMILES string of the molecule is CCCCc1cc(=O)n2[nH]c(NCc3ccc(Cl)cc3)c(C#N)c2n1. The normalized spacial score (nSPS) is 10.8. The molecule has 6 nitrogen and oxygen atoms in total. The number of anilines is 1. The van der Waals surface area contributed by atoms with Gasteiger partial charge in [-0.15, -0.1) is 0 Å². The maximum atomic E-state index is 12.3. The first-order valence-electron chi connectivity index (χ1n) is 8.15. The maximum absolute atomic E-state index is 12.3. The van der Waals surface area contributed by atoms with Crippen molar-refractivity contribution >= 4 is 23.1 Å². The molecule has 0 atom stereocenters. The highest BCUT2D eigenvalue weighted by molar-refractivity contribution is 6.30. The molecule has 2 heterocycles. The molecule has 2 N–H and O–H groups in total. The zero-order chi connectivity index (χ0) is 17.8. The molecule has 0 spiro atoms. The van der Waals surface area contributed by atoms with Gasteiger partial charge in [-0.05, 0) is 30.5 Å². The standard InChI is InChI=1S/C18H18ClN5O/c1-2-3-4-14-9-16(25)24-18(22-14)15(10-20)17(23-24)21-11-12-5-7-13(19)8-6-12/h5-9,21,23H,2-4,11H2,1H3. The first-order chi connectivity index (χ1) is 12.1. The van der Waals surface area contributed by atoms with Crippen LogP contribution in [0.5, 0.6) is 0 Å². The average molecular weight is 356 g/mol. The van der Waals surface area contributed by atoms with E-state index in [9.17, 15) is 10.1 Å². The van der Waals surface area contributed by atoms with Crippen LogP contribution in [0.3, 0.4) is 0 Å². The lowest BCUT2D eigenvalue weighted by atomic mass is 10.2. The van der Waals surface area contributed by atoms with Crippen LogP contribution in [0.2, 0.25) is 5.02 Å². The summed E-state index contributed by atoms with van der Waals surface area (Å²) in [7, 11) is 0.